The van der Waals surface area contributed by atoms with Gasteiger partial charge in [0.15, 0.2) is 0 Å². The van der Waals surface area contributed by atoms with Crippen LogP contribution in [-0.4, -0.2) is 36.1 Å². The van der Waals surface area contributed by atoms with E-state index in [1.807, 2.05) is 18.3 Å². The second kappa shape index (κ2) is 10.1. The molecule has 170 valence electrons. The number of fused-ring (bicyclic) bond motifs is 1. The second-order valence-corrected chi connectivity index (χ2v) is 10.8. The van der Waals surface area contributed by atoms with E-state index in [2.05, 4.69) is 91.9 Å². The van der Waals surface area contributed by atoms with Crippen molar-refractivity contribution in [2.45, 2.75) is 24.8 Å². The fourth-order valence-corrected chi connectivity index (χ4v) is 4.97. The predicted molar refractivity (Wildman–Crippen MR) is 148 cm³/mol. The van der Waals surface area contributed by atoms with Crippen LogP contribution < -0.4 is 5.32 Å². The van der Waals surface area contributed by atoms with Gasteiger partial charge in [-0.25, -0.2) is 0 Å². The number of nitrogens with zero attached hydrogens (tertiary/aromatic N) is 2. The Morgan fingerprint density at radius 3 is 2.39 bits per heavy atom. The van der Waals surface area contributed by atoms with Crippen molar-refractivity contribution in [1.29, 1.82) is 0 Å². The van der Waals surface area contributed by atoms with E-state index < -0.39 is 0 Å². The summed E-state index contributed by atoms with van der Waals surface area (Å²) in [5, 5.41) is 5.53. The van der Waals surface area contributed by atoms with Crippen molar-refractivity contribution in [2.75, 3.05) is 25.7 Å². The lowest BCUT2D eigenvalue weighted by Crippen LogP contribution is -2.10. The molecule has 4 aromatic rings. The zero-order valence-corrected chi connectivity index (χ0v) is 21.2. The average Bonchev–Trinajstić information content (AvgIpc) is 2.79. The number of aromatic nitrogens is 1. The Kier molecular flexibility index (Phi) is 7.18. The van der Waals surface area contributed by atoms with Gasteiger partial charge in [0.1, 0.15) is 0 Å². The lowest BCUT2D eigenvalue weighted by atomic mass is 10.00. The quantitative estimate of drug-likeness (QED) is 0.279. The van der Waals surface area contributed by atoms with Gasteiger partial charge >= 0.3 is 0 Å². The molecule has 0 saturated carbocycles. The van der Waals surface area contributed by atoms with E-state index in [1.54, 1.807) is 0 Å². The largest absolute Gasteiger partial charge is 0.354 e. The molecule has 0 aliphatic heterocycles. The van der Waals surface area contributed by atoms with Gasteiger partial charge in [-0.05, 0) is 85.4 Å². The van der Waals surface area contributed by atoms with Crippen LogP contribution in [0.4, 0.5) is 11.4 Å². The van der Waals surface area contributed by atoms with Gasteiger partial charge in [-0.1, -0.05) is 48.7 Å². The molecule has 0 bridgehead atoms. The Hall–Kier alpha value is -2.66. The first kappa shape index (κ1) is 23.5. The topological polar surface area (TPSA) is 28.2 Å². The molecule has 1 heterocycles. The maximum atomic E-state index is 6.41. The normalized spacial score (nSPS) is 12.3. The standard InChI is InChI=1S/C28H30ClN3S/c1-6-19-13-22(15-23(29)14-19)21-9-12-26-25(16-21)28(27(17-30-26)33(4)5)31-24-10-7-20(8-11-24)18-32(2)3/h7-17H,4,6,18H2,1-3,5H3,(H,30,31). The third-order valence-corrected chi connectivity index (χ3v) is 6.91. The Balaban J connectivity index is 1.81. The van der Waals surface area contributed by atoms with Crippen LogP contribution in [0.2, 0.25) is 5.02 Å². The molecule has 1 atom stereocenters. The lowest BCUT2D eigenvalue weighted by Gasteiger charge is -2.17. The highest BCUT2D eigenvalue weighted by molar-refractivity contribution is 8.13. The van der Waals surface area contributed by atoms with Crippen LogP contribution in [0.1, 0.15) is 18.1 Å². The summed E-state index contributed by atoms with van der Waals surface area (Å²) in [6, 6.07) is 21.3. The molecule has 33 heavy (non-hydrogen) atoms. The zero-order valence-electron chi connectivity index (χ0n) is 19.7. The van der Waals surface area contributed by atoms with Crippen LogP contribution in [0.25, 0.3) is 22.0 Å². The molecule has 3 aromatic carbocycles. The number of pyridine rings is 1. The number of halogens is 1. The van der Waals surface area contributed by atoms with Crippen LogP contribution in [0.3, 0.4) is 0 Å². The summed E-state index contributed by atoms with van der Waals surface area (Å²) in [5.74, 6) is 4.30. The van der Waals surface area contributed by atoms with Crippen molar-refractivity contribution in [3.63, 3.8) is 0 Å². The minimum atomic E-state index is -0.195. The van der Waals surface area contributed by atoms with E-state index in [0.717, 1.165) is 56.3 Å². The molecule has 0 amide bonds. The van der Waals surface area contributed by atoms with Crippen molar-refractivity contribution in [1.82, 2.24) is 9.88 Å². The van der Waals surface area contributed by atoms with Gasteiger partial charge in [0.2, 0.25) is 0 Å². The van der Waals surface area contributed by atoms with Gasteiger partial charge in [-0.15, -0.1) is 0 Å². The third kappa shape index (κ3) is 5.47. The number of anilines is 2. The number of nitrogens with one attached hydrogen (secondary N) is 1. The molecule has 0 fully saturated rings. The highest BCUT2D eigenvalue weighted by Crippen LogP contribution is 2.38. The minimum absolute atomic E-state index is 0.195. The average molecular weight is 476 g/mol. The summed E-state index contributed by atoms with van der Waals surface area (Å²) in [7, 11) is 3.97. The predicted octanol–water partition coefficient (Wildman–Crippen LogP) is 7.61. The summed E-state index contributed by atoms with van der Waals surface area (Å²) in [5.41, 5.74) is 7.84. The maximum Gasteiger partial charge on any atom is 0.0724 e. The van der Waals surface area contributed by atoms with Gasteiger partial charge in [0, 0.05) is 33.7 Å². The van der Waals surface area contributed by atoms with E-state index in [1.165, 1.54) is 11.1 Å². The molecule has 1 aromatic heterocycles. The molecule has 0 spiro atoms. The Morgan fingerprint density at radius 2 is 1.73 bits per heavy atom. The zero-order chi connectivity index (χ0) is 23.5. The number of hydrogen-bond acceptors (Lipinski definition) is 3. The van der Waals surface area contributed by atoms with Crippen LogP contribution in [0.15, 0.2) is 71.8 Å². The summed E-state index contributed by atoms with van der Waals surface area (Å²) in [6.45, 7) is 3.07. The van der Waals surface area contributed by atoms with Crippen molar-refractivity contribution >= 4 is 50.2 Å². The first-order chi connectivity index (χ1) is 15.8. The smallest absolute Gasteiger partial charge is 0.0724 e. The summed E-state index contributed by atoms with van der Waals surface area (Å²) in [4.78, 5) is 8.03. The monoisotopic (exact) mass is 475 g/mol. The lowest BCUT2D eigenvalue weighted by molar-refractivity contribution is 0.402. The van der Waals surface area contributed by atoms with Crippen LogP contribution >= 0.6 is 22.1 Å². The number of hydrogen-bond donors (Lipinski definition) is 1. The fourth-order valence-electron chi connectivity index (χ4n) is 3.97. The highest BCUT2D eigenvalue weighted by Gasteiger charge is 2.12. The Morgan fingerprint density at radius 1 is 0.970 bits per heavy atom. The van der Waals surface area contributed by atoms with E-state index in [0.29, 0.717) is 0 Å². The third-order valence-electron chi connectivity index (χ3n) is 5.63. The van der Waals surface area contributed by atoms with Gasteiger partial charge in [-0.3, -0.25) is 4.98 Å². The number of aryl methyl sites for hydroxylation is 1. The van der Waals surface area contributed by atoms with Crippen molar-refractivity contribution in [3.05, 3.63) is 83.0 Å². The number of benzene rings is 3. The molecule has 0 radical (unpaired) electrons. The highest BCUT2D eigenvalue weighted by atomic mass is 35.5. The molecular formula is C28H30ClN3S. The van der Waals surface area contributed by atoms with E-state index in [-0.39, 0.29) is 10.5 Å². The SMILES string of the molecule is C=S(C)c1cnc2ccc(-c3cc(Cl)cc(CC)c3)cc2c1Nc1ccc(CN(C)C)cc1. The summed E-state index contributed by atoms with van der Waals surface area (Å²) in [6.07, 6.45) is 5.03. The second-order valence-electron chi connectivity index (χ2n) is 8.63. The summed E-state index contributed by atoms with van der Waals surface area (Å²) < 4.78 is 0. The molecule has 0 aliphatic carbocycles. The molecule has 5 heteroatoms. The van der Waals surface area contributed by atoms with Crippen molar-refractivity contribution in [2.24, 2.45) is 0 Å². The van der Waals surface area contributed by atoms with Gasteiger partial charge in [0.05, 0.1) is 11.2 Å². The van der Waals surface area contributed by atoms with Crippen molar-refractivity contribution in [3.8, 4) is 11.1 Å². The maximum absolute atomic E-state index is 6.41. The molecule has 0 saturated heterocycles. The van der Waals surface area contributed by atoms with E-state index in [9.17, 15) is 0 Å². The molecular weight excluding hydrogens is 446 g/mol. The van der Waals surface area contributed by atoms with Gasteiger partial charge in [0.25, 0.3) is 0 Å². The van der Waals surface area contributed by atoms with E-state index >= 15 is 0 Å². The fraction of sp³-hybridized carbons (Fsp3) is 0.214. The first-order valence-electron chi connectivity index (χ1n) is 11.0. The molecule has 4 rings (SSSR count). The molecule has 3 nitrogen and oxygen atoms in total. The van der Waals surface area contributed by atoms with Crippen LogP contribution in [-0.2, 0) is 13.0 Å². The van der Waals surface area contributed by atoms with Crippen molar-refractivity contribution < 1.29 is 0 Å². The molecule has 1 unspecified atom stereocenters. The summed E-state index contributed by atoms with van der Waals surface area (Å²) >= 11 is 6.41. The molecule has 1 N–H and O–H groups in total. The van der Waals surface area contributed by atoms with Crippen LogP contribution in [0.5, 0.6) is 0 Å². The molecule has 0 aliphatic rings. The van der Waals surface area contributed by atoms with Crippen LogP contribution in [0, 0.1) is 0 Å². The first-order valence-corrected chi connectivity index (χ1v) is 13.2. The van der Waals surface area contributed by atoms with E-state index in [4.69, 9.17) is 16.6 Å². The van der Waals surface area contributed by atoms with Gasteiger partial charge < -0.3 is 10.2 Å². The minimum Gasteiger partial charge on any atom is -0.354 e. The Bertz CT molecular complexity index is 1310. The van der Waals surface area contributed by atoms with Gasteiger partial charge in [-0.2, -0.15) is 10.5 Å². The Labute approximate surface area is 204 Å². The number of rotatable bonds is 7.